The van der Waals surface area contributed by atoms with E-state index in [2.05, 4.69) is 18.0 Å². The maximum atomic E-state index is 12.1. The van der Waals surface area contributed by atoms with Gasteiger partial charge in [0.05, 0.1) is 6.07 Å². The van der Waals surface area contributed by atoms with Crippen molar-refractivity contribution in [1.82, 2.24) is 9.80 Å². The van der Waals surface area contributed by atoms with E-state index >= 15 is 0 Å². The Labute approximate surface area is 109 Å². The van der Waals surface area contributed by atoms with Crippen molar-refractivity contribution in [2.75, 3.05) is 26.7 Å². The number of rotatable bonds is 2. The first kappa shape index (κ1) is 14.8. The summed E-state index contributed by atoms with van der Waals surface area (Å²) in [5.41, 5.74) is -0.518. The second-order valence-corrected chi connectivity index (χ2v) is 5.80. The standard InChI is InChI=1S/C13H23N3O2/c1-13(2,3)18-12(17)16(10-7-14)11-5-8-15(4)9-6-11/h11H,5-6,8-10H2,1-4H3. The van der Waals surface area contributed by atoms with Crippen molar-refractivity contribution in [2.24, 2.45) is 0 Å². The number of carbonyl (C=O) groups excluding carboxylic acids is 1. The van der Waals surface area contributed by atoms with E-state index in [0.29, 0.717) is 0 Å². The lowest BCUT2D eigenvalue weighted by Gasteiger charge is -2.36. The van der Waals surface area contributed by atoms with E-state index in [-0.39, 0.29) is 18.7 Å². The van der Waals surface area contributed by atoms with Crippen LogP contribution in [0, 0.1) is 11.3 Å². The summed E-state index contributed by atoms with van der Waals surface area (Å²) in [6, 6.07) is 2.18. The van der Waals surface area contributed by atoms with Crippen molar-refractivity contribution < 1.29 is 9.53 Å². The van der Waals surface area contributed by atoms with E-state index in [1.165, 1.54) is 0 Å². The quantitative estimate of drug-likeness (QED) is 0.705. The largest absolute Gasteiger partial charge is 0.444 e. The Kier molecular flexibility index (Phi) is 4.97. The lowest BCUT2D eigenvalue weighted by atomic mass is 10.0. The molecule has 5 heteroatoms. The molecule has 1 amide bonds. The van der Waals surface area contributed by atoms with Crippen LogP contribution in [0.5, 0.6) is 0 Å². The summed E-state index contributed by atoms with van der Waals surface area (Å²) in [6.45, 7) is 7.52. The molecule has 0 aromatic carbocycles. The van der Waals surface area contributed by atoms with Crippen LogP contribution in [-0.2, 0) is 4.74 Å². The van der Waals surface area contributed by atoms with Crippen molar-refractivity contribution in [3.05, 3.63) is 0 Å². The van der Waals surface area contributed by atoms with Crippen molar-refractivity contribution in [3.8, 4) is 6.07 Å². The molecule has 0 bridgehead atoms. The molecule has 1 aliphatic heterocycles. The molecule has 1 heterocycles. The number of carbonyl (C=O) groups is 1. The van der Waals surface area contributed by atoms with Crippen molar-refractivity contribution in [3.63, 3.8) is 0 Å². The summed E-state index contributed by atoms with van der Waals surface area (Å²) in [6.07, 6.45) is 1.42. The van der Waals surface area contributed by atoms with E-state index in [0.717, 1.165) is 25.9 Å². The molecule has 1 fully saturated rings. The molecule has 0 aromatic heterocycles. The summed E-state index contributed by atoms with van der Waals surface area (Å²) in [5.74, 6) is 0. The van der Waals surface area contributed by atoms with Crippen LogP contribution < -0.4 is 0 Å². The van der Waals surface area contributed by atoms with Crippen LogP contribution in [0.2, 0.25) is 0 Å². The van der Waals surface area contributed by atoms with Gasteiger partial charge >= 0.3 is 6.09 Å². The first-order valence-electron chi connectivity index (χ1n) is 6.38. The number of piperidine rings is 1. The minimum atomic E-state index is -0.518. The van der Waals surface area contributed by atoms with Crippen LogP contribution in [0.3, 0.4) is 0 Å². The third-order valence-electron chi connectivity index (χ3n) is 3.00. The highest BCUT2D eigenvalue weighted by molar-refractivity contribution is 5.69. The molecule has 0 unspecified atom stereocenters. The molecule has 0 saturated carbocycles. The van der Waals surface area contributed by atoms with Crippen molar-refractivity contribution in [2.45, 2.75) is 45.3 Å². The van der Waals surface area contributed by atoms with Gasteiger partial charge in [-0.1, -0.05) is 0 Å². The molecule has 0 aromatic rings. The predicted molar refractivity (Wildman–Crippen MR) is 69.1 cm³/mol. The molecular weight excluding hydrogens is 230 g/mol. The summed E-state index contributed by atoms with van der Waals surface area (Å²) in [5, 5.41) is 8.86. The second-order valence-electron chi connectivity index (χ2n) is 5.80. The Morgan fingerprint density at radius 3 is 2.44 bits per heavy atom. The SMILES string of the molecule is CN1CCC(N(CC#N)C(=O)OC(C)(C)C)CC1. The smallest absolute Gasteiger partial charge is 0.411 e. The molecule has 0 radical (unpaired) electrons. The third kappa shape index (κ3) is 4.53. The Morgan fingerprint density at radius 2 is 2.00 bits per heavy atom. The van der Waals surface area contributed by atoms with Crippen LogP contribution in [-0.4, -0.2) is 54.2 Å². The molecule has 18 heavy (non-hydrogen) atoms. The molecular formula is C13H23N3O2. The summed E-state index contributed by atoms with van der Waals surface area (Å²) in [7, 11) is 2.07. The second kappa shape index (κ2) is 6.05. The van der Waals surface area contributed by atoms with Gasteiger partial charge in [0.1, 0.15) is 12.1 Å². The number of nitrogens with zero attached hydrogens (tertiary/aromatic N) is 3. The molecule has 0 atom stereocenters. The van der Waals surface area contributed by atoms with Gasteiger partial charge in [0.2, 0.25) is 0 Å². The average Bonchev–Trinajstić information content (AvgIpc) is 2.25. The molecule has 0 spiro atoms. The molecule has 102 valence electrons. The van der Waals surface area contributed by atoms with Gasteiger partial charge in [-0.05, 0) is 53.8 Å². The molecule has 0 aliphatic carbocycles. The van der Waals surface area contributed by atoms with Crippen molar-refractivity contribution in [1.29, 1.82) is 5.26 Å². The Balaban J connectivity index is 2.65. The zero-order valence-electron chi connectivity index (χ0n) is 11.8. The maximum absolute atomic E-state index is 12.1. The zero-order valence-corrected chi connectivity index (χ0v) is 11.8. The van der Waals surface area contributed by atoms with Gasteiger partial charge < -0.3 is 9.64 Å². The minimum Gasteiger partial charge on any atom is -0.444 e. The Hall–Kier alpha value is -1.28. The summed E-state index contributed by atoms with van der Waals surface area (Å²) < 4.78 is 5.35. The number of nitriles is 1. The van der Waals surface area contributed by atoms with Crippen LogP contribution in [0.15, 0.2) is 0 Å². The van der Waals surface area contributed by atoms with Gasteiger partial charge in [-0.3, -0.25) is 4.90 Å². The molecule has 1 rings (SSSR count). The van der Waals surface area contributed by atoms with Gasteiger partial charge in [0.15, 0.2) is 0 Å². The topological polar surface area (TPSA) is 56.6 Å². The lowest BCUT2D eigenvalue weighted by Crippen LogP contribution is -2.48. The third-order valence-corrected chi connectivity index (χ3v) is 3.00. The highest BCUT2D eigenvalue weighted by atomic mass is 16.6. The number of likely N-dealkylation sites (tertiary alicyclic amines) is 1. The fraction of sp³-hybridized carbons (Fsp3) is 0.846. The zero-order chi connectivity index (χ0) is 13.8. The molecule has 5 nitrogen and oxygen atoms in total. The van der Waals surface area contributed by atoms with E-state index in [1.807, 2.05) is 20.8 Å². The number of ether oxygens (including phenoxy) is 1. The number of hydrogen-bond donors (Lipinski definition) is 0. The normalized spacial score (nSPS) is 18.2. The van der Waals surface area contributed by atoms with Gasteiger partial charge in [-0.2, -0.15) is 5.26 Å². The van der Waals surface area contributed by atoms with Crippen LogP contribution in [0.25, 0.3) is 0 Å². The van der Waals surface area contributed by atoms with Gasteiger partial charge in [-0.15, -0.1) is 0 Å². The van der Waals surface area contributed by atoms with Crippen molar-refractivity contribution >= 4 is 6.09 Å². The monoisotopic (exact) mass is 253 g/mol. The van der Waals surface area contributed by atoms with E-state index in [4.69, 9.17) is 10.00 Å². The van der Waals surface area contributed by atoms with Crippen LogP contribution in [0.4, 0.5) is 4.79 Å². The minimum absolute atomic E-state index is 0.100. The first-order valence-corrected chi connectivity index (χ1v) is 6.38. The van der Waals surface area contributed by atoms with E-state index in [9.17, 15) is 4.79 Å². The lowest BCUT2D eigenvalue weighted by molar-refractivity contribution is 0.0127. The maximum Gasteiger partial charge on any atom is 0.411 e. The van der Waals surface area contributed by atoms with Crippen LogP contribution >= 0.6 is 0 Å². The van der Waals surface area contributed by atoms with Gasteiger partial charge in [0.25, 0.3) is 0 Å². The summed E-state index contributed by atoms with van der Waals surface area (Å²) in [4.78, 5) is 15.9. The first-order chi connectivity index (χ1) is 8.33. The average molecular weight is 253 g/mol. The van der Waals surface area contributed by atoms with E-state index in [1.54, 1.807) is 4.90 Å². The number of amides is 1. The molecule has 0 N–H and O–H groups in total. The Morgan fingerprint density at radius 1 is 1.44 bits per heavy atom. The van der Waals surface area contributed by atoms with Gasteiger partial charge in [-0.25, -0.2) is 4.79 Å². The fourth-order valence-electron chi connectivity index (χ4n) is 2.05. The number of hydrogen-bond acceptors (Lipinski definition) is 4. The molecule has 1 aliphatic rings. The molecule has 1 saturated heterocycles. The highest BCUT2D eigenvalue weighted by Crippen LogP contribution is 2.18. The highest BCUT2D eigenvalue weighted by Gasteiger charge is 2.30. The predicted octanol–water partition coefficient (Wildman–Crippen LogP) is 1.84. The Bertz CT molecular complexity index is 322. The van der Waals surface area contributed by atoms with E-state index < -0.39 is 5.60 Å². The fourth-order valence-corrected chi connectivity index (χ4v) is 2.05. The van der Waals surface area contributed by atoms with Gasteiger partial charge in [0, 0.05) is 6.04 Å². The summed E-state index contributed by atoms with van der Waals surface area (Å²) >= 11 is 0. The van der Waals surface area contributed by atoms with Crippen LogP contribution in [0.1, 0.15) is 33.6 Å².